The highest BCUT2D eigenvalue weighted by Gasteiger charge is 2.21. The highest BCUT2D eigenvalue weighted by atomic mass is 16.6. The lowest BCUT2D eigenvalue weighted by Crippen LogP contribution is -2.26. The first-order valence-electron chi connectivity index (χ1n) is 8.41. The van der Waals surface area contributed by atoms with E-state index in [1.807, 2.05) is 46.9 Å². The van der Waals surface area contributed by atoms with Crippen LogP contribution in [0.15, 0.2) is 60.1 Å². The molecule has 0 radical (unpaired) electrons. The Morgan fingerprint density at radius 3 is 2.63 bits per heavy atom. The fraction of sp³-hybridized carbons (Fsp3) is 0.167. The van der Waals surface area contributed by atoms with Crippen LogP contribution in [0.2, 0.25) is 0 Å². The number of hydrogen-bond donors (Lipinski definition) is 1. The van der Waals surface area contributed by atoms with Gasteiger partial charge in [0, 0.05) is 36.4 Å². The summed E-state index contributed by atoms with van der Waals surface area (Å²) in [5.74, 6) is 1.69. The summed E-state index contributed by atoms with van der Waals surface area (Å²) >= 11 is 0. The Labute approximate surface area is 155 Å². The average Bonchev–Trinajstić information content (AvgIpc) is 3.34. The predicted molar refractivity (Wildman–Crippen MR) is 103 cm³/mol. The van der Waals surface area contributed by atoms with Gasteiger partial charge in [-0.15, -0.1) is 0 Å². The van der Waals surface area contributed by atoms with Gasteiger partial charge in [-0.05, 0) is 37.3 Å². The standard InChI is InChI=1S/C18H17N7O2/c1-13-20-9-11-24(13)17-7-6-16(25(26)27)18(22-17)21-14-2-4-15(5-3-14)23-10-8-19-12-23/h2-8,10,12H,9,11H2,1H3,(H,21,22). The lowest BCUT2D eigenvalue weighted by Gasteiger charge is -2.18. The van der Waals surface area contributed by atoms with Crippen LogP contribution in [0.25, 0.3) is 5.69 Å². The maximum absolute atomic E-state index is 11.4. The van der Waals surface area contributed by atoms with Crippen LogP contribution in [0.4, 0.5) is 23.0 Å². The molecule has 0 saturated heterocycles. The van der Waals surface area contributed by atoms with E-state index in [0.29, 0.717) is 18.1 Å². The van der Waals surface area contributed by atoms with Crippen LogP contribution in [0.5, 0.6) is 0 Å². The van der Waals surface area contributed by atoms with Gasteiger partial charge in [-0.2, -0.15) is 0 Å². The maximum Gasteiger partial charge on any atom is 0.311 e. The number of rotatable bonds is 5. The molecule has 0 bridgehead atoms. The summed E-state index contributed by atoms with van der Waals surface area (Å²) in [6.07, 6.45) is 5.26. The minimum Gasteiger partial charge on any atom is -0.334 e. The Morgan fingerprint density at radius 2 is 2.00 bits per heavy atom. The number of aromatic nitrogens is 3. The molecule has 0 amide bonds. The van der Waals surface area contributed by atoms with Gasteiger partial charge in [-0.25, -0.2) is 9.97 Å². The molecule has 0 spiro atoms. The zero-order valence-corrected chi connectivity index (χ0v) is 14.6. The van der Waals surface area contributed by atoms with Gasteiger partial charge in [0.1, 0.15) is 11.7 Å². The third kappa shape index (κ3) is 3.34. The molecule has 1 aliphatic heterocycles. The number of nitro groups is 1. The molecule has 3 aromatic rings. The van der Waals surface area contributed by atoms with Crippen molar-refractivity contribution in [3.8, 4) is 5.69 Å². The molecule has 0 atom stereocenters. The number of amidine groups is 1. The van der Waals surface area contributed by atoms with E-state index < -0.39 is 4.92 Å². The SMILES string of the molecule is CC1=NCCN1c1ccc([N+](=O)[O-])c(Nc2ccc(-n3ccnc3)cc2)n1. The van der Waals surface area contributed by atoms with Gasteiger partial charge >= 0.3 is 5.69 Å². The average molecular weight is 363 g/mol. The van der Waals surface area contributed by atoms with E-state index in [2.05, 4.69) is 20.3 Å². The second-order valence-corrected chi connectivity index (χ2v) is 6.02. The summed E-state index contributed by atoms with van der Waals surface area (Å²) in [7, 11) is 0. The molecule has 136 valence electrons. The first-order valence-corrected chi connectivity index (χ1v) is 8.41. The number of imidazole rings is 1. The van der Waals surface area contributed by atoms with Crippen LogP contribution < -0.4 is 10.2 Å². The van der Waals surface area contributed by atoms with Gasteiger partial charge < -0.3 is 14.8 Å². The molecular formula is C18H17N7O2. The summed E-state index contributed by atoms with van der Waals surface area (Å²) in [6, 6.07) is 10.6. The Morgan fingerprint density at radius 1 is 1.19 bits per heavy atom. The Kier molecular flexibility index (Phi) is 4.25. The van der Waals surface area contributed by atoms with E-state index in [9.17, 15) is 10.1 Å². The van der Waals surface area contributed by atoms with Crippen LogP contribution in [-0.2, 0) is 0 Å². The first-order chi connectivity index (χ1) is 13.1. The normalized spacial score (nSPS) is 13.5. The molecule has 4 rings (SSSR count). The molecular weight excluding hydrogens is 346 g/mol. The highest BCUT2D eigenvalue weighted by Crippen LogP contribution is 2.29. The van der Waals surface area contributed by atoms with Gasteiger partial charge in [0.25, 0.3) is 0 Å². The Balaban J connectivity index is 1.63. The Hall–Kier alpha value is -3.75. The quantitative estimate of drug-likeness (QED) is 0.552. The van der Waals surface area contributed by atoms with Crippen molar-refractivity contribution < 1.29 is 4.92 Å². The lowest BCUT2D eigenvalue weighted by atomic mass is 10.2. The second-order valence-electron chi connectivity index (χ2n) is 6.02. The van der Waals surface area contributed by atoms with Crippen molar-refractivity contribution in [2.45, 2.75) is 6.92 Å². The zero-order valence-electron chi connectivity index (χ0n) is 14.6. The molecule has 9 nitrogen and oxygen atoms in total. The third-order valence-electron chi connectivity index (χ3n) is 4.32. The number of anilines is 3. The summed E-state index contributed by atoms with van der Waals surface area (Å²) < 4.78 is 1.88. The molecule has 9 heteroatoms. The van der Waals surface area contributed by atoms with Gasteiger partial charge in [-0.3, -0.25) is 15.1 Å². The molecule has 0 fully saturated rings. The van der Waals surface area contributed by atoms with Crippen molar-refractivity contribution >= 4 is 28.8 Å². The van der Waals surface area contributed by atoms with Crippen LogP contribution in [-0.4, -0.2) is 38.4 Å². The number of aliphatic imine (C=N–C) groups is 1. The Bertz CT molecular complexity index is 997. The van der Waals surface area contributed by atoms with Crippen molar-refractivity contribution in [3.05, 3.63) is 65.2 Å². The first kappa shape index (κ1) is 16.7. The molecule has 0 unspecified atom stereocenters. The van der Waals surface area contributed by atoms with E-state index in [1.54, 1.807) is 18.6 Å². The number of nitrogens with zero attached hydrogens (tertiary/aromatic N) is 6. The molecule has 1 aromatic carbocycles. The molecule has 1 aliphatic rings. The molecule has 3 heterocycles. The topological polar surface area (TPSA) is 101 Å². The largest absolute Gasteiger partial charge is 0.334 e. The number of nitrogens with one attached hydrogen (secondary N) is 1. The summed E-state index contributed by atoms with van der Waals surface area (Å²) in [5.41, 5.74) is 1.57. The van der Waals surface area contributed by atoms with E-state index in [1.165, 1.54) is 6.07 Å². The van der Waals surface area contributed by atoms with Crippen molar-refractivity contribution in [3.63, 3.8) is 0 Å². The highest BCUT2D eigenvalue weighted by molar-refractivity contribution is 5.97. The summed E-state index contributed by atoms with van der Waals surface area (Å²) in [6.45, 7) is 3.32. The summed E-state index contributed by atoms with van der Waals surface area (Å²) in [5, 5.41) is 14.5. The number of benzene rings is 1. The number of hydrogen-bond acceptors (Lipinski definition) is 7. The van der Waals surface area contributed by atoms with E-state index >= 15 is 0 Å². The van der Waals surface area contributed by atoms with E-state index in [0.717, 1.165) is 18.1 Å². The predicted octanol–water partition coefficient (Wildman–Crippen LogP) is 3.16. The van der Waals surface area contributed by atoms with Crippen LogP contribution in [0.3, 0.4) is 0 Å². The van der Waals surface area contributed by atoms with Gasteiger partial charge in [0.2, 0.25) is 5.82 Å². The van der Waals surface area contributed by atoms with E-state index in [4.69, 9.17) is 0 Å². The van der Waals surface area contributed by atoms with Crippen molar-refractivity contribution in [2.24, 2.45) is 4.99 Å². The smallest absolute Gasteiger partial charge is 0.311 e. The fourth-order valence-corrected chi connectivity index (χ4v) is 2.94. The van der Waals surface area contributed by atoms with Gasteiger partial charge in [0.05, 0.1) is 17.8 Å². The molecule has 1 N–H and O–H groups in total. The van der Waals surface area contributed by atoms with Crippen LogP contribution in [0.1, 0.15) is 6.92 Å². The van der Waals surface area contributed by atoms with E-state index in [-0.39, 0.29) is 11.5 Å². The van der Waals surface area contributed by atoms with Crippen molar-refractivity contribution in [2.75, 3.05) is 23.3 Å². The van der Waals surface area contributed by atoms with Crippen LogP contribution in [0, 0.1) is 10.1 Å². The van der Waals surface area contributed by atoms with Crippen molar-refractivity contribution in [1.82, 2.24) is 14.5 Å². The monoisotopic (exact) mass is 363 g/mol. The number of pyridine rings is 1. The lowest BCUT2D eigenvalue weighted by molar-refractivity contribution is -0.384. The minimum atomic E-state index is -0.441. The summed E-state index contributed by atoms with van der Waals surface area (Å²) in [4.78, 5) is 25.7. The molecule has 27 heavy (non-hydrogen) atoms. The maximum atomic E-state index is 11.4. The van der Waals surface area contributed by atoms with Crippen molar-refractivity contribution in [1.29, 1.82) is 0 Å². The van der Waals surface area contributed by atoms with Crippen LogP contribution >= 0.6 is 0 Å². The molecule has 0 saturated carbocycles. The van der Waals surface area contributed by atoms with Gasteiger partial charge in [-0.1, -0.05) is 0 Å². The molecule has 2 aromatic heterocycles. The third-order valence-corrected chi connectivity index (χ3v) is 4.32. The minimum absolute atomic E-state index is 0.0776. The molecule has 0 aliphatic carbocycles. The zero-order chi connectivity index (χ0) is 18.8. The van der Waals surface area contributed by atoms with Gasteiger partial charge in [0.15, 0.2) is 0 Å². The second kappa shape index (κ2) is 6.87. The fourth-order valence-electron chi connectivity index (χ4n) is 2.94.